The summed E-state index contributed by atoms with van der Waals surface area (Å²) in [7, 11) is 1.67. The van der Waals surface area contributed by atoms with Gasteiger partial charge in [-0.2, -0.15) is 0 Å². The fourth-order valence-electron chi connectivity index (χ4n) is 3.00. The molecule has 0 spiro atoms. The van der Waals surface area contributed by atoms with Crippen LogP contribution in [-0.2, 0) is 9.47 Å². The normalized spacial score (nSPS) is 25.4. The maximum absolute atomic E-state index is 10.1. The van der Waals surface area contributed by atoms with Crippen LogP contribution in [0.15, 0.2) is 36.0 Å². The third-order valence-electron chi connectivity index (χ3n) is 4.40. The summed E-state index contributed by atoms with van der Waals surface area (Å²) in [6.07, 6.45) is 7.33. The Morgan fingerprint density at radius 1 is 1.32 bits per heavy atom. The van der Waals surface area contributed by atoms with E-state index in [1.165, 1.54) is 11.1 Å². The van der Waals surface area contributed by atoms with Crippen LogP contribution in [0.2, 0.25) is 0 Å². The van der Waals surface area contributed by atoms with E-state index in [1.807, 2.05) is 19.9 Å². The number of rotatable bonds is 6. The molecule has 0 aromatic heterocycles. The van der Waals surface area contributed by atoms with Crippen LogP contribution in [-0.4, -0.2) is 29.7 Å². The molecule has 126 valence electrons. The molecule has 3 heteroatoms. The highest BCUT2D eigenvalue weighted by Gasteiger charge is 2.35. The van der Waals surface area contributed by atoms with Gasteiger partial charge in [-0.05, 0) is 57.6 Å². The number of ether oxygens (including phenoxy) is 2. The maximum Gasteiger partial charge on any atom is 0.162 e. The summed E-state index contributed by atoms with van der Waals surface area (Å²) >= 11 is 0. The molecule has 0 fully saturated rings. The Morgan fingerprint density at radius 3 is 2.36 bits per heavy atom. The van der Waals surface area contributed by atoms with Gasteiger partial charge in [0.1, 0.15) is 0 Å². The molecule has 0 aliphatic heterocycles. The molecule has 2 atom stereocenters. The summed E-state index contributed by atoms with van der Waals surface area (Å²) in [4.78, 5) is 0. The van der Waals surface area contributed by atoms with Crippen molar-refractivity contribution in [3.05, 3.63) is 36.0 Å². The molecule has 0 heterocycles. The van der Waals surface area contributed by atoms with Gasteiger partial charge in [-0.15, -0.1) is 0 Å². The third kappa shape index (κ3) is 5.08. The van der Waals surface area contributed by atoms with Crippen LogP contribution >= 0.6 is 0 Å². The Hall–Kier alpha value is -0.900. The van der Waals surface area contributed by atoms with Crippen LogP contribution in [0.3, 0.4) is 0 Å². The van der Waals surface area contributed by atoms with Crippen molar-refractivity contribution >= 4 is 0 Å². The topological polar surface area (TPSA) is 38.7 Å². The fraction of sp³-hybridized carbons (Fsp3) is 0.684. The van der Waals surface area contributed by atoms with Gasteiger partial charge in [0, 0.05) is 7.11 Å². The number of allylic oxidation sites excluding steroid dienone is 2. The van der Waals surface area contributed by atoms with Crippen molar-refractivity contribution in [3.63, 3.8) is 0 Å². The van der Waals surface area contributed by atoms with E-state index in [2.05, 4.69) is 27.4 Å². The number of aliphatic hydroxyl groups is 1. The van der Waals surface area contributed by atoms with E-state index >= 15 is 0 Å². The number of hydrogen-bond donors (Lipinski definition) is 1. The van der Waals surface area contributed by atoms with Crippen molar-refractivity contribution < 1.29 is 14.6 Å². The minimum absolute atomic E-state index is 0.00935. The van der Waals surface area contributed by atoms with Gasteiger partial charge in [-0.3, -0.25) is 0 Å². The van der Waals surface area contributed by atoms with Crippen molar-refractivity contribution in [3.8, 4) is 0 Å². The van der Waals surface area contributed by atoms with E-state index in [9.17, 15) is 5.11 Å². The van der Waals surface area contributed by atoms with E-state index in [4.69, 9.17) is 9.47 Å². The Morgan fingerprint density at radius 2 is 1.91 bits per heavy atom. The monoisotopic (exact) mass is 308 g/mol. The lowest BCUT2D eigenvalue weighted by atomic mass is 9.71. The predicted octanol–water partition coefficient (Wildman–Crippen LogP) is 4.38. The summed E-state index contributed by atoms with van der Waals surface area (Å²) in [6, 6.07) is 0. The molecular formula is C19H32O3. The van der Waals surface area contributed by atoms with Gasteiger partial charge in [-0.1, -0.05) is 38.2 Å². The first-order valence-corrected chi connectivity index (χ1v) is 7.91. The third-order valence-corrected chi connectivity index (χ3v) is 4.40. The first-order chi connectivity index (χ1) is 9.92. The summed E-state index contributed by atoms with van der Waals surface area (Å²) in [5.41, 5.74) is 1.58. The fourth-order valence-corrected chi connectivity index (χ4v) is 3.00. The predicted molar refractivity (Wildman–Crippen MR) is 91.6 cm³/mol. The van der Waals surface area contributed by atoms with Crippen LogP contribution in [0.1, 0.15) is 54.4 Å². The standard InChI is InChI=1S/C19H32O3/c1-9-19(7,20)11-10-16-14(2)12-15(13-17(16,3)4)22-18(5,6)21-8/h9-11,15,20H,1,12-13H2,2-8H3/t15-,19?/m1/s1. The molecule has 0 amide bonds. The lowest BCUT2D eigenvalue weighted by Crippen LogP contribution is -2.38. The second kappa shape index (κ2) is 6.69. The Labute approximate surface area is 135 Å². The SMILES string of the molecule is C=CC(C)(O)C=CC1=C(C)C[C@@H](OC(C)(C)OC)CC1(C)C. The molecule has 1 aliphatic rings. The Balaban J connectivity index is 2.99. The minimum atomic E-state index is -0.977. The van der Waals surface area contributed by atoms with Crippen molar-refractivity contribution in [1.82, 2.24) is 0 Å². The zero-order chi connectivity index (χ0) is 17.2. The minimum Gasteiger partial charge on any atom is -0.382 e. The van der Waals surface area contributed by atoms with Crippen molar-refractivity contribution in [2.24, 2.45) is 5.41 Å². The highest BCUT2D eigenvalue weighted by molar-refractivity contribution is 5.35. The van der Waals surface area contributed by atoms with E-state index in [0.717, 1.165) is 12.8 Å². The summed E-state index contributed by atoms with van der Waals surface area (Å²) in [6.45, 7) is 15.8. The largest absolute Gasteiger partial charge is 0.382 e. The molecule has 0 radical (unpaired) electrons. The number of methoxy groups -OCH3 is 1. The van der Waals surface area contributed by atoms with Crippen LogP contribution < -0.4 is 0 Å². The van der Waals surface area contributed by atoms with Crippen LogP contribution in [0.25, 0.3) is 0 Å². The van der Waals surface area contributed by atoms with Crippen molar-refractivity contribution in [2.75, 3.05) is 7.11 Å². The highest BCUT2D eigenvalue weighted by Crippen LogP contribution is 2.43. The zero-order valence-corrected chi connectivity index (χ0v) is 15.2. The molecule has 1 rings (SSSR count). The maximum atomic E-state index is 10.1. The molecule has 1 aliphatic carbocycles. The van der Waals surface area contributed by atoms with Gasteiger partial charge < -0.3 is 14.6 Å². The van der Waals surface area contributed by atoms with Gasteiger partial charge in [0.05, 0.1) is 11.7 Å². The molecule has 0 saturated carbocycles. The molecule has 0 saturated heterocycles. The molecule has 0 bridgehead atoms. The first-order valence-electron chi connectivity index (χ1n) is 7.91. The zero-order valence-electron chi connectivity index (χ0n) is 15.2. The average Bonchev–Trinajstić information content (AvgIpc) is 2.36. The highest BCUT2D eigenvalue weighted by atomic mass is 16.7. The van der Waals surface area contributed by atoms with Crippen LogP contribution in [0.5, 0.6) is 0 Å². The van der Waals surface area contributed by atoms with Gasteiger partial charge in [-0.25, -0.2) is 0 Å². The molecule has 1 N–H and O–H groups in total. The second-order valence-electron chi connectivity index (χ2n) is 7.59. The van der Waals surface area contributed by atoms with Gasteiger partial charge in [0.25, 0.3) is 0 Å². The summed E-state index contributed by atoms with van der Waals surface area (Å²) in [5, 5.41) is 10.1. The van der Waals surface area contributed by atoms with E-state index in [0.29, 0.717) is 0 Å². The van der Waals surface area contributed by atoms with Crippen LogP contribution in [0.4, 0.5) is 0 Å². The summed E-state index contributed by atoms with van der Waals surface area (Å²) in [5.74, 6) is -0.569. The summed E-state index contributed by atoms with van der Waals surface area (Å²) < 4.78 is 11.5. The molecule has 0 aromatic carbocycles. The number of hydrogen-bond acceptors (Lipinski definition) is 3. The average molecular weight is 308 g/mol. The van der Waals surface area contributed by atoms with Gasteiger partial charge in [0.15, 0.2) is 5.79 Å². The van der Waals surface area contributed by atoms with Gasteiger partial charge in [0.2, 0.25) is 0 Å². The Kier molecular flexibility index (Phi) is 5.82. The molecule has 0 aromatic rings. The van der Waals surface area contributed by atoms with Crippen LogP contribution in [0, 0.1) is 5.41 Å². The lowest BCUT2D eigenvalue weighted by molar-refractivity contribution is -0.228. The molecule has 1 unspecified atom stereocenters. The van der Waals surface area contributed by atoms with E-state index in [-0.39, 0.29) is 11.5 Å². The molecule has 3 nitrogen and oxygen atoms in total. The van der Waals surface area contributed by atoms with E-state index < -0.39 is 11.4 Å². The Bertz CT molecular complexity index is 467. The quantitative estimate of drug-likeness (QED) is 0.584. The van der Waals surface area contributed by atoms with E-state index in [1.54, 1.807) is 26.2 Å². The first kappa shape index (κ1) is 19.1. The van der Waals surface area contributed by atoms with Gasteiger partial charge >= 0.3 is 0 Å². The lowest BCUT2D eigenvalue weighted by Gasteiger charge is -2.40. The van der Waals surface area contributed by atoms with Crippen molar-refractivity contribution in [1.29, 1.82) is 0 Å². The van der Waals surface area contributed by atoms with Crippen molar-refractivity contribution in [2.45, 2.75) is 71.9 Å². The second-order valence-corrected chi connectivity index (χ2v) is 7.59. The smallest absolute Gasteiger partial charge is 0.162 e. The molecular weight excluding hydrogens is 276 g/mol. The molecule has 22 heavy (non-hydrogen) atoms.